The van der Waals surface area contributed by atoms with Crippen molar-refractivity contribution in [2.24, 2.45) is 17.8 Å². The fourth-order valence-corrected chi connectivity index (χ4v) is 16.3. The molecule has 0 heterocycles. The highest BCUT2D eigenvalue weighted by Gasteiger charge is 2.31. The smallest absolute Gasteiger partial charge is 0.462 e. The molecule has 0 fully saturated rings. The lowest BCUT2D eigenvalue weighted by Gasteiger charge is -2.21. The summed E-state index contributed by atoms with van der Waals surface area (Å²) < 4.78 is 69.1. The van der Waals surface area contributed by atoms with Crippen molar-refractivity contribution in [1.82, 2.24) is 0 Å². The van der Waals surface area contributed by atoms with Crippen LogP contribution in [0.2, 0.25) is 0 Å². The third kappa shape index (κ3) is 86.3. The first-order valence-corrected chi connectivity index (χ1v) is 51.4. The molecule has 17 nitrogen and oxygen atoms in total. The van der Waals surface area contributed by atoms with Crippen LogP contribution < -0.4 is 0 Å². The highest BCUT2D eigenvalue weighted by Crippen LogP contribution is 2.45. The lowest BCUT2D eigenvalue weighted by Crippen LogP contribution is -2.30. The highest BCUT2D eigenvalue weighted by molar-refractivity contribution is 7.47. The number of ether oxygens (including phenoxy) is 4. The fraction of sp³-hybridized carbons (Fsp3) is 0.957. The van der Waals surface area contributed by atoms with Gasteiger partial charge in [-0.05, 0) is 43.4 Å². The molecule has 672 valence electrons. The Bertz CT molecular complexity index is 2170. The molecule has 0 saturated carbocycles. The molecule has 0 aromatic carbocycles. The van der Waals surface area contributed by atoms with Crippen molar-refractivity contribution in [3.63, 3.8) is 0 Å². The maximum absolute atomic E-state index is 13.2. The fourth-order valence-electron chi connectivity index (χ4n) is 14.8. The van der Waals surface area contributed by atoms with Gasteiger partial charge in [0.25, 0.3) is 0 Å². The van der Waals surface area contributed by atoms with Crippen LogP contribution in [-0.4, -0.2) is 96.7 Å². The molecule has 0 aromatic heterocycles. The van der Waals surface area contributed by atoms with Gasteiger partial charge in [-0.3, -0.25) is 37.3 Å². The predicted molar refractivity (Wildman–Crippen MR) is 469 cm³/mol. The summed E-state index contributed by atoms with van der Waals surface area (Å²) in [5.41, 5.74) is 0. The van der Waals surface area contributed by atoms with E-state index in [0.29, 0.717) is 25.7 Å². The van der Waals surface area contributed by atoms with Crippen LogP contribution in [0.4, 0.5) is 0 Å². The minimum atomic E-state index is -4.97. The second kappa shape index (κ2) is 83.7. The monoisotopic (exact) mass is 1650 g/mol. The summed E-state index contributed by atoms with van der Waals surface area (Å²) in [6, 6.07) is 0. The zero-order valence-corrected chi connectivity index (χ0v) is 76.7. The highest BCUT2D eigenvalue weighted by atomic mass is 31.2. The average molecular weight is 1650 g/mol. The predicted octanol–water partition coefficient (Wildman–Crippen LogP) is 29.2. The molecule has 0 radical (unpaired) electrons. The van der Waals surface area contributed by atoms with E-state index in [1.165, 1.54) is 315 Å². The number of unbranched alkanes of at least 4 members (excludes halogenated alkanes) is 59. The molecule has 19 heteroatoms. The molecule has 113 heavy (non-hydrogen) atoms. The summed E-state index contributed by atoms with van der Waals surface area (Å²) in [7, 11) is -9.94. The number of rotatable bonds is 92. The second-order valence-electron chi connectivity index (χ2n) is 35.0. The number of carbonyl (C=O) groups is 4. The number of phosphoric ester groups is 2. The number of hydrogen-bond donors (Lipinski definition) is 3. The van der Waals surface area contributed by atoms with E-state index in [9.17, 15) is 43.2 Å². The molecule has 3 unspecified atom stereocenters. The average Bonchev–Trinajstić information content (AvgIpc) is 0.891. The molecule has 0 saturated heterocycles. The third-order valence-corrected chi connectivity index (χ3v) is 24.4. The number of aliphatic hydroxyl groups excluding tert-OH is 1. The molecule has 0 bridgehead atoms. The quantitative estimate of drug-likeness (QED) is 0.0222. The normalized spacial score (nSPS) is 14.0. The van der Waals surface area contributed by atoms with Crippen LogP contribution in [0.3, 0.4) is 0 Å². The van der Waals surface area contributed by atoms with Gasteiger partial charge < -0.3 is 33.8 Å². The van der Waals surface area contributed by atoms with Crippen LogP contribution in [0.25, 0.3) is 0 Å². The van der Waals surface area contributed by atoms with Crippen molar-refractivity contribution >= 4 is 39.5 Å². The van der Waals surface area contributed by atoms with E-state index >= 15 is 0 Å². The molecule has 0 aliphatic heterocycles. The number of carbonyl (C=O) groups excluding carboxylic acids is 4. The topological polar surface area (TPSA) is 237 Å². The lowest BCUT2D eigenvalue weighted by molar-refractivity contribution is -0.161. The Morgan fingerprint density at radius 2 is 0.451 bits per heavy atom. The molecular formula is C94H184O17P2. The van der Waals surface area contributed by atoms with E-state index in [2.05, 4.69) is 48.5 Å². The van der Waals surface area contributed by atoms with Gasteiger partial charge in [0.15, 0.2) is 12.2 Å². The van der Waals surface area contributed by atoms with Crippen molar-refractivity contribution in [1.29, 1.82) is 0 Å². The molecule has 0 aromatic rings. The Labute approximate surface area is 696 Å². The summed E-state index contributed by atoms with van der Waals surface area (Å²) in [5.74, 6) is 0.410. The van der Waals surface area contributed by atoms with Gasteiger partial charge in [0.2, 0.25) is 0 Å². The summed E-state index contributed by atoms with van der Waals surface area (Å²) in [5, 5.41) is 10.7. The van der Waals surface area contributed by atoms with E-state index in [0.717, 1.165) is 108 Å². The first-order valence-electron chi connectivity index (χ1n) is 48.4. The van der Waals surface area contributed by atoms with Crippen molar-refractivity contribution in [2.45, 2.75) is 523 Å². The van der Waals surface area contributed by atoms with Gasteiger partial charge in [-0.25, -0.2) is 9.13 Å². The van der Waals surface area contributed by atoms with Crippen LogP contribution in [0, 0.1) is 17.8 Å². The summed E-state index contributed by atoms with van der Waals surface area (Å²) >= 11 is 0. The van der Waals surface area contributed by atoms with E-state index < -0.39 is 97.5 Å². The van der Waals surface area contributed by atoms with E-state index in [4.69, 9.17) is 37.0 Å². The number of phosphoric acid groups is 2. The largest absolute Gasteiger partial charge is 0.472 e. The standard InChI is InChI=1S/C94H184O17P2/c1-8-10-11-12-13-14-37-47-54-61-68-75-91(96)104-81-89(110-93(98)78-71-64-57-50-43-36-30-24-23-26-32-39-45-52-59-66-73-86(5)6)83-108-112(100,101)106-79-88(95)80-107-113(102,103)109-84-90(82-105-92(97)76-69-62-55-48-41-34-28-21-17-15-19-25-31-38-44-51-58-65-72-85(3)4)111-94(99)77-70-63-56-49-42-35-29-22-18-16-20-27-33-40-46-53-60-67-74-87(7)9-2/h85-90,95H,8-84H2,1-7H3,(H,100,101)(H,102,103)/t87?,88-,89+,90+/m0/s1. The molecular weight excluding hydrogens is 1460 g/mol. The molecule has 0 rings (SSSR count). The van der Waals surface area contributed by atoms with Crippen LogP contribution in [0.5, 0.6) is 0 Å². The molecule has 0 aliphatic carbocycles. The van der Waals surface area contributed by atoms with Gasteiger partial charge in [0.1, 0.15) is 19.3 Å². The first-order chi connectivity index (χ1) is 54.8. The van der Waals surface area contributed by atoms with Crippen molar-refractivity contribution < 1.29 is 80.2 Å². The Balaban J connectivity index is 5.23. The van der Waals surface area contributed by atoms with Gasteiger partial charge >= 0.3 is 39.5 Å². The number of aliphatic hydroxyl groups is 1. The van der Waals surface area contributed by atoms with Crippen LogP contribution in [0.15, 0.2) is 0 Å². The summed E-state index contributed by atoms with van der Waals surface area (Å²) in [6.45, 7) is 12.2. The summed E-state index contributed by atoms with van der Waals surface area (Å²) in [6.07, 6.45) is 77.8. The minimum absolute atomic E-state index is 0.108. The van der Waals surface area contributed by atoms with Crippen molar-refractivity contribution in [3.05, 3.63) is 0 Å². The Hall–Kier alpha value is -1.94. The Morgan fingerprint density at radius 1 is 0.257 bits per heavy atom. The Kier molecular flexibility index (Phi) is 82.3. The van der Waals surface area contributed by atoms with Crippen LogP contribution >= 0.6 is 15.6 Å². The van der Waals surface area contributed by atoms with Gasteiger partial charge in [0.05, 0.1) is 26.4 Å². The van der Waals surface area contributed by atoms with Gasteiger partial charge in [-0.15, -0.1) is 0 Å². The van der Waals surface area contributed by atoms with Crippen LogP contribution in [0.1, 0.15) is 504 Å². The maximum atomic E-state index is 13.2. The zero-order chi connectivity index (χ0) is 82.9. The van der Waals surface area contributed by atoms with E-state index in [-0.39, 0.29) is 25.7 Å². The molecule has 0 spiro atoms. The number of hydrogen-bond acceptors (Lipinski definition) is 15. The Morgan fingerprint density at radius 3 is 0.673 bits per heavy atom. The van der Waals surface area contributed by atoms with Crippen molar-refractivity contribution in [3.8, 4) is 0 Å². The lowest BCUT2D eigenvalue weighted by atomic mass is 9.99. The summed E-state index contributed by atoms with van der Waals surface area (Å²) in [4.78, 5) is 73.5. The van der Waals surface area contributed by atoms with Crippen molar-refractivity contribution in [2.75, 3.05) is 39.6 Å². The van der Waals surface area contributed by atoms with E-state index in [1.807, 2.05) is 0 Å². The third-order valence-electron chi connectivity index (χ3n) is 22.5. The molecule has 6 atom stereocenters. The SMILES string of the molecule is CCCCCCCCCCCCCC(=O)OC[C@H](COP(=O)(O)OC[C@H](O)COP(=O)(O)OC[C@@H](COC(=O)CCCCCCCCCCCCCCCCCCCCC(C)C)OC(=O)CCCCCCCCCCCCCCCCCCCCC(C)CC)OC(=O)CCCCCCCCCCCCCCCCCCC(C)C. The van der Waals surface area contributed by atoms with Gasteiger partial charge in [-0.1, -0.05) is 453 Å². The molecule has 0 amide bonds. The van der Waals surface area contributed by atoms with Gasteiger partial charge in [-0.2, -0.15) is 0 Å². The minimum Gasteiger partial charge on any atom is -0.462 e. The van der Waals surface area contributed by atoms with Gasteiger partial charge in [0, 0.05) is 25.7 Å². The van der Waals surface area contributed by atoms with Crippen LogP contribution in [-0.2, 0) is 65.4 Å². The molecule has 0 aliphatic rings. The first kappa shape index (κ1) is 111. The number of esters is 4. The zero-order valence-electron chi connectivity index (χ0n) is 74.9. The van der Waals surface area contributed by atoms with E-state index in [1.54, 1.807) is 0 Å². The second-order valence-corrected chi connectivity index (χ2v) is 37.9. The maximum Gasteiger partial charge on any atom is 0.472 e. The molecule has 3 N–H and O–H groups in total.